The van der Waals surface area contributed by atoms with Crippen molar-refractivity contribution in [3.63, 3.8) is 0 Å². The van der Waals surface area contributed by atoms with Gasteiger partial charge in [-0.3, -0.25) is 9.69 Å². The summed E-state index contributed by atoms with van der Waals surface area (Å²) < 4.78 is 91.7. The maximum absolute atomic E-state index is 14.3. The normalized spacial score (nSPS) is 22.9. The van der Waals surface area contributed by atoms with Crippen LogP contribution < -0.4 is 9.80 Å². The number of likely N-dealkylation sites (N-methyl/N-ethyl adjacent to an activating group) is 1. The second-order valence-electron chi connectivity index (χ2n) is 10.9. The number of carbonyl (C=O) groups is 2. The molecule has 248 valence electrons. The molecule has 3 aromatic rings. The fourth-order valence-corrected chi connectivity index (χ4v) is 7.93. The van der Waals surface area contributed by atoms with Gasteiger partial charge in [-0.25, -0.2) is 9.79 Å². The Labute approximate surface area is 270 Å². The van der Waals surface area contributed by atoms with Gasteiger partial charge in [0.05, 0.1) is 48.0 Å². The highest BCUT2D eigenvalue weighted by Crippen LogP contribution is 2.67. The first-order chi connectivity index (χ1) is 22.1. The van der Waals surface area contributed by atoms with E-state index in [2.05, 4.69) is 0 Å². The predicted molar refractivity (Wildman–Crippen MR) is 165 cm³/mol. The molecule has 0 unspecified atom stereocenters. The molecule has 0 saturated carbocycles. The molecule has 2 aliphatic heterocycles. The average molecular weight is 678 g/mol. The summed E-state index contributed by atoms with van der Waals surface area (Å²) in [5.74, 6) is -1.70. The molecule has 0 bridgehead atoms. The van der Waals surface area contributed by atoms with Gasteiger partial charge in [0.25, 0.3) is 0 Å². The molecule has 0 N–H and O–H groups in total. The number of methoxy groups -OCH3 is 2. The quantitative estimate of drug-likeness (QED) is 0.153. The van der Waals surface area contributed by atoms with Crippen LogP contribution in [0.4, 0.5) is 43.4 Å². The van der Waals surface area contributed by atoms with Crippen molar-refractivity contribution < 1.29 is 45.4 Å². The number of hydrogen-bond donors (Lipinski definition) is 0. The van der Waals surface area contributed by atoms with E-state index < -0.39 is 45.7 Å². The lowest BCUT2D eigenvalue weighted by Crippen LogP contribution is -2.59. The lowest BCUT2D eigenvalue weighted by atomic mass is 9.80. The first kappa shape index (κ1) is 33.9. The Morgan fingerprint density at radius 3 is 1.91 bits per heavy atom. The number of thioether (sulfide) groups is 1. The summed E-state index contributed by atoms with van der Waals surface area (Å²) in [7, 11) is 2.33. The van der Waals surface area contributed by atoms with Crippen molar-refractivity contribution in [1.82, 2.24) is 0 Å². The van der Waals surface area contributed by atoms with Crippen LogP contribution in [-0.4, -0.2) is 43.4 Å². The van der Waals surface area contributed by atoms with E-state index in [-0.39, 0.29) is 35.0 Å². The highest BCUT2D eigenvalue weighted by Gasteiger charge is 2.73. The lowest BCUT2D eigenvalue weighted by Gasteiger charge is -2.44. The van der Waals surface area contributed by atoms with Crippen LogP contribution in [0.5, 0.6) is 0 Å². The van der Waals surface area contributed by atoms with Crippen molar-refractivity contribution in [2.24, 2.45) is 10.4 Å². The van der Waals surface area contributed by atoms with Crippen molar-refractivity contribution in [3.05, 3.63) is 95.2 Å². The van der Waals surface area contributed by atoms with Crippen LogP contribution in [0.15, 0.2) is 94.0 Å². The minimum atomic E-state index is -4.66. The average Bonchev–Trinajstić information content (AvgIpc) is 3.49. The molecule has 0 radical (unpaired) electrons. The van der Waals surface area contributed by atoms with Crippen molar-refractivity contribution in [1.29, 1.82) is 0 Å². The van der Waals surface area contributed by atoms with Gasteiger partial charge in [0.1, 0.15) is 5.84 Å². The van der Waals surface area contributed by atoms with Crippen LogP contribution >= 0.6 is 11.8 Å². The number of amidine groups is 1. The molecule has 1 fully saturated rings. The molecule has 2 aliphatic rings. The summed E-state index contributed by atoms with van der Waals surface area (Å²) >= 11 is 1.23. The Bertz CT molecular complexity index is 1770. The molecule has 3 aromatic carbocycles. The number of ether oxygens (including phenoxy) is 2. The lowest BCUT2D eigenvalue weighted by molar-refractivity contribution is -0.148. The fourth-order valence-electron chi connectivity index (χ4n) is 6.13. The van der Waals surface area contributed by atoms with E-state index in [1.165, 1.54) is 49.8 Å². The number of anilines is 2. The fraction of sp³-hybridized carbons (Fsp3) is 0.303. The Morgan fingerprint density at radius 1 is 0.851 bits per heavy atom. The number of aliphatic imine (C=N–C) groups is 1. The van der Waals surface area contributed by atoms with Gasteiger partial charge in [0.2, 0.25) is 0 Å². The van der Waals surface area contributed by atoms with Gasteiger partial charge < -0.3 is 14.4 Å². The maximum atomic E-state index is 14.3. The van der Waals surface area contributed by atoms with Crippen LogP contribution in [-0.2, 0) is 31.4 Å². The summed E-state index contributed by atoms with van der Waals surface area (Å²) in [6.07, 6.45) is -9.29. The molecule has 0 aromatic heterocycles. The third kappa shape index (κ3) is 5.31. The van der Waals surface area contributed by atoms with E-state index in [0.717, 1.165) is 48.4 Å². The second-order valence-corrected chi connectivity index (χ2v) is 12.1. The Kier molecular flexibility index (Phi) is 8.63. The molecule has 2 heterocycles. The molecule has 1 spiro atoms. The molecule has 14 heteroatoms. The van der Waals surface area contributed by atoms with Crippen molar-refractivity contribution in [3.8, 4) is 0 Å². The number of halogens is 6. The van der Waals surface area contributed by atoms with Crippen LogP contribution in [0.25, 0.3) is 0 Å². The first-order valence-corrected chi connectivity index (χ1v) is 15.1. The van der Waals surface area contributed by atoms with Crippen LogP contribution in [0.2, 0.25) is 0 Å². The van der Waals surface area contributed by atoms with E-state index in [0.29, 0.717) is 5.69 Å². The number of carbonyl (C=O) groups excluding carboxylic acids is 2. The van der Waals surface area contributed by atoms with Gasteiger partial charge in [-0.05, 0) is 81.4 Å². The van der Waals surface area contributed by atoms with Crippen LogP contribution in [0, 0.1) is 5.41 Å². The van der Waals surface area contributed by atoms with E-state index >= 15 is 0 Å². The molecular weight excluding hydrogens is 648 g/mol. The third-order valence-corrected chi connectivity index (χ3v) is 10.00. The number of para-hydroxylation sites is 1. The minimum Gasteiger partial charge on any atom is -0.468 e. The summed E-state index contributed by atoms with van der Waals surface area (Å²) in [4.78, 5) is 34.8. The van der Waals surface area contributed by atoms with E-state index in [1.54, 1.807) is 12.1 Å². The van der Waals surface area contributed by atoms with Crippen molar-refractivity contribution in [2.45, 2.75) is 42.9 Å². The van der Waals surface area contributed by atoms with E-state index in [1.807, 2.05) is 24.0 Å². The third-order valence-electron chi connectivity index (χ3n) is 8.31. The largest absolute Gasteiger partial charge is 0.468 e. The van der Waals surface area contributed by atoms with Gasteiger partial charge in [-0.1, -0.05) is 23.9 Å². The SMILES string of the molecule is CCN1c2ccccc2S[C@]12/C(=C(/C)C(=O)OC)N(c1ccc(C(F)(F)F)cc1)C(=Nc1ccc(C(F)(F)F)cc1)[C@@]2(C)C(=O)OC. The number of rotatable bonds is 5. The molecule has 1 saturated heterocycles. The van der Waals surface area contributed by atoms with Crippen molar-refractivity contribution >= 4 is 46.6 Å². The first-order valence-electron chi connectivity index (χ1n) is 14.2. The zero-order valence-corrected chi connectivity index (χ0v) is 26.6. The number of fused-ring (bicyclic) bond motifs is 1. The van der Waals surface area contributed by atoms with Gasteiger partial charge in [-0.2, -0.15) is 26.3 Å². The van der Waals surface area contributed by atoms with Crippen LogP contribution in [0.3, 0.4) is 0 Å². The molecule has 0 amide bonds. The molecular formula is C33H29F6N3O4S. The van der Waals surface area contributed by atoms with Crippen LogP contribution in [0.1, 0.15) is 31.9 Å². The number of alkyl halides is 6. The molecule has 7 nitrogen and oxygen atoms in total. The van der Waals surface area contributed by atoms with Gasteiger partial charge in [0, 0.05) is 17.1 Å². The van der Waals surface area contributed by atoms with Crippen molar-refractivity contribution in [2.75, 3.05) is 30.6 Å². The summed E-state index contributed by atoms with van der Waals surface area (Å²) in [6.45, 7) is 5.12. The number of hydrogen-bond acceptors (Lipinski definition) is 7. The second kappa shape index (κ2) is 12.0. The topological polar surface area (TPSA) is 71.4 Å². The summed E-state index contributed by atoms with van der Waals surface area (Å²) in [5, 5.41) is 0. The van der Waals surface area contributed by atoms with Gasteiger partial charge in [-0.15, -0.1) is 0 Å². The number of nitrogens with zero attached hydrogens (tertiary/aromatic N) is 3. The van der Waals surface area contributed by atoms with Gasteiger partial charge in [0.15, 0.2) is 10.3 Å². The Hall–Kier alpha value is -4.46. The summed E-state index contributed by atoms with van der Waals surface area (Å²) in [6, 6.07) is 15.2. The minimum absolute atomic E-state index is 0.00993. The maximum Gasteiger partial charge on any atom is 0.416 e. The van der Waals surface area contributed by atoms with E-state index in [9.17, 15) is 35.9 Å². The zero-order chi connectivity index (χ0) is 34.5. The standard InChI is InChI=1S/C33H29F6N3O4S/c1-6-41-24-9-7-8-10-25(24)47-31(41)26(19(2)27(43)45-4)42(23-17-13-21(14-18-23)33(37,38)39)28(30(31,3)29(44)46-5)40-22-15-11-20(12-16-22)32(34,35)36/h7-18H,6H2,1-5H3/b26-19+,40-28?/t30-,31-/m0/s1. The monoisotopic (exact) mass is 677 g/mol. The van der Waals surface area contributed by atoms with Gasteiger partial charge >= 0.3 is 24.3 Å². The smallest absolute Gasteiger partial charge is 0.416 e. The Balaban J connectivity index is 1.93. The molecule has 2 atom stereocenters. The number of esters is 2. The highest BCUT2D eigenvalue weighted by atomic mass is 32.2. The number of benzene rings is 3. The molecule has 5 rings (SSSR count). The Morgan fingerprint density at radius 2 is 1.40 bits per heavy atom. The van der Waals surface area contributed by atoms with E-state index in [4.69, 9.17) is 14.5 Å². The molecule has 47 heavy (non-hydrogen) atoms. The summed E-state index contributed by atoms with van der Waals surface area (Å²) in [5.41, 5.74) is -2.73. The zero-order valence-electron chi connectivity index (χ0n) is 25.8. The predicted octanol–water partition coefficient (Wildman–Crippen LogP) is 8.23. The highest BCUT2D eigenvalue weighted by molar-refractivity contribution is 8.01. The molecule has 0 aliphatic carbocycles.